The van der Waals surface area contributed by atoms with Crippen molar-refractivity contribution in [1.29, 1.82) is 5.26 Å². The first-order chi connectivity index (χ1) is 3.83. The zero-order valence-corrected chi connectivity index (χ0v) is 5.15. The van der Waals surface area contributed by atoms with Crippen LogP contribution in [0.4, 0.5) is 0 Å². The van der Waals surface area contributed by atoms with Crippen LogP contribution in [0.2, 0.25) is 0 Å². The molecular weight excluding hydrogens is 122 g/mol. The second-order valence-electron chi connectivity index (χ2n) is 1.86. The van der Waals surface area contributed by atoms with Crippen molar-refractivity contribution in [3.63, 3.8) is 0 Å². The molecule has 1 nitrogen and oxygen atoms in total. The highest BCUT2D eigenvalue weighted by Crippen LogP contribution is 2.21. The van der Waals surface area contributed by atoms with Crippen LogP contribution in [0.15, 0.2) is 11.6 Å². The van der Waals surface area contributed by atoms with E-state index < -0.39 is 0 Å². The molecule has 0 aromatic rings. The lowest BCUT2D eigenvalue weighted by Crippen LogP contribution is -1.81. The van der Waals surface area contributed by atoms with Crippen molar-refractivity contribution in [2.24, 2.45) is 0 Å². The zero-order chi connectivity index (χ0) is 5.98. The first kappa shape index (κ1) is 5.65. The Balaban J connectivity index is 2.61. The number of nitriles is 1. The molecule has 0 bridgehead atoms. The Labute approximate surface area is 53.6 Å². The van der Waals surface area contributed by atoms with Crippen LogP contribution in [0.3, 0.4) is 0 Å². The third-order valence-electron chi connectivity index (χ3n) is 1.22. The number of rotatable bonds is 0. The van der Waals surface area contributed by atoms with Crippen LogP contribution < -0.4 is 0 Å². The summed E-state index contributed by atoms with van der Waals surface area (Å²) in [5, 5.41) is 8.42. The van der Waals surface area contributed by atoms with Gasteiger partial charge in [-0.3, -0.25) is 0 Å². The van der Waals surface area contributed by atoms with E-state index in [1.54, 1.807) is 0 Å². The van der Waals surface area contributed by atoms with Crippen LogP contribution in [0.5, 0.6) is 0 Å². The van der Waals surface area contributed by atoms with Crippen molar-refractivity contribution in [2.75, 3.05) is 0 Å². The van der Waals surface area contributed by atoms with E-state index in [-0.39, 0.29) is 5.38 Å². The van der Waals surface area contributed by atoms with Crippen molar-refractivity contribution >= 4 is 11.6 Å². The molecule has 0 aromatic heterocycles. The Morgan fingerprint density at radius 1 is 1.88 bits per heavy atom. The van der Waals surface area contributed by atoms with Crippen LogP contribution in [-0.2, 0) is 0 Å². The molecule has 42 valence electrons. The van der Waals surface area contributed by atoms with Crippen molar-refractivity contribution in [1.82, 2.24) is 0 Å². The highest BCUT2D eigenvalue weighted by molar-refractivity contribution is 6.22. The van der Waals surface area contributed by atoms with Gasteiger partial charge in [-0.2, -0.15) is 5.26 Å². The van der Waals surface area contributed by atoms with Gasteiger partial charge in [-0.05, 0) is 12.8 Å². The Bertz CT molecular complexity index is 154. The summed E-state index contributed by atoms with van der Waals surface area (Å²) < 4.78 is 0. The SMILES string of the molecule is N#CC1=CC(Cl)CC1. The Morgan fingerprint density at radius 3 is 2.88 bits per heavy atom. The molecule has 0 aromatic carbocycles. The molecule has 1 atom stereocenters. The second kappa shape index (κ2) is 2.19. The maximum Gasteiger partial charge on any atom is 0.0944 e. The quantitative estimate of drug-likeness (QED) is 0.456. The van der Waals surface area contributed by atoms with Crippen LogP contribution in [-0.4, -0.2) is 5.38 Å². The van der Waals surface area contributed by atoms with E-state index in [1.165, 1.54) is 0 Å². The lowest BCUT2D eigenvalue weighted by Gasteiger charge is -1.86. The predicted octanol–water partition coefficient (Wildman–Crippen LogP) is 1.84. The topological polar surface area (TPSA) is 23.8 Å². The van der Waals surface area contributed by atoms with E-state index in [1.807, 2.05) is 6.08 Å². The van der Waals surface area contributed by atoms with Gasteiger partial charge >= 0.3 is 0 Å². The fraction of sp³-hybridized carbons (Fsp3) is 0.500. The van der Waals surface area contributed by atoms with Gasteiger partial charge in [0, 0.05) is 5.57 Å². The third kappa shape index (κ3) is 1.02. The molecule has 0 amide bonds. The van der Waals surface area contributed by atoms with Crippen LogP contribution in [0.25, 0.3) is 0 Å². The van der Waals surface area contributed by atoms with Crippen molar-refractivity contribution in [3.05, 3.63) is 11.6 Å². The average Bonchev–Trinajstić information content (AvgIpc) is 2.14. The summed E-state index contributed by atoms with van der Waals surface area (Å²) in [4.78, 5) is 0. The van der Waals surface area contributed by atoms with Gasteiger partial charge in [0.25, 0.3) is 0 Å². The average molecular weight is 128 g/mol. The molecule has 0 fully saturated rings. The van der Waals surface area contributed by atoms with Crippen LogP contribution in [0.1, 0.15) is 12.8 Å². The summed E-state index contributed by atoms with van der Waals surface area (Å²) in [6, 6.07) is 2.07. The summed E-state index contributed by atoms with van der Waals surface area (Å²) in [5.41, 5.74) is 0.838. The molecule has 0 N–H and O–H groups in total. The van der Waals surface area contributed by atoms with Crippen molar-refractivity contribution in [2.45, 2.75) is 18.2 Å². The summed E-state index contributed by atoms with van der Waals surface area (Å²) in [5.74, 6) is 0. The van der Waals surface area contributed by atoms with Gasteiger partial charge in [0.2, 0.25) is 0 Å². The molecule has 0 saturated carbocycles. The highest BCUT2D eigenvalue weighted by atomic mass is 35.5. The van der Waals surface area contributed by atoms with E-state index >= 15 is 0 Å². The fourth-order valence-electron chi connectivity index (χ4n) is 0.772. The van der Waals surface area contributed by atoms with Gasteiger partial charge in [0.05, 0.1) is 11.4 Å². The predicted molar refractivity (Wildman–Crippen MR) is 32.6 cm³/mol. The van der Waals surface area contributed by atoms with E-state index in [2.05, 4.69) is 6.07 Å². The maximum absolute atomic E-state index is 8.31. The van der Waals surface area contributed by atoms with E-state index in [4.69, 9.17) is 16.9 Å². The number of nitrogens with zero attached hydrogens (tertiary/aromatic N) is 1. The number of halogens is 1. The molecular formula is C6H6ClN. The minimum absolute atomic E-state index is 0.115. The van der Waals surface area contributed by atoms with E-state index in [0.717, 1.165) is 18.4 Å². The molecule has 0 heterocycles. The standard InChI is InChI=1S/C6H6ClN/c7-6-2-1-5(3-6)4-8/h3,6H,1-2H2. The van der Waals surface area contributed by atoms with Gasteiger partial charge in [-0.15, -0.1) is 11.6 Å². The molecule has 0 radical (unpaired) electrons. The Morgan fingerprint density at radius 2 is 2.62 bits per heavy atom. The number of alkyl halides is 1. The molecule has 1 aliphatic carbocycles. The minimum atomic E-state index is 0.115. The van der Waals surface area contributed by atoms with Gasteiger partial charge < -0.3 is 0 Å². The highest BCUT2D eigenvalue weighted by Gasteiger charge is 2.11. The number of hydrogen-bond acceptors (Lipinski definition) is 1. The number of hydrogen-bond donors (Lipinski definition) is 0. The minimum Gasteiger partial charge on any atom is -0.193 e. The molecule has 0 saturated heterocycles. The Kier molecular flexibility index (Phi) is 1.55. The first-order valence-corrected chi connectivity index (χ1v) is 3.01. The lowest BCUT2D eigenvalue weighted by atomic mass is 10.3. The monoisotopic (exact) mass is 127 g/mol. The Hall–Kier alpha value is -0.480. The summed E-state index contributed by atoms with van der Waals surface area (Å²) >= 11 is 5.66. The molecule has 1 rings (SSSR count). The first-order valence-electron chi connectivity index (χ1n) is 2.58. The summed E-state index contributed by atoms with van der Waals surface area (Å²) in [7, 11) is 0. The van der Waals surface area contributed by atoms with Gasteiger partial charge in [-0.25, -0.2) is 0 Å². The van der Waals surface area contributed by atoms with Gasteiger partial charge in [-0.1, -0.05) is 6.08 Å². The molecule has 1 unspecified atom stereocenters. The normalized spacial score (nSPS) is 27.0. The molecule has 1 aliphatic rings. The summed E-state index contributed by atoms with van der Waals surface area (Å²) in [6.45, 7) is 0. The largest absolute Gasteiger partial charge is 0.193 e. The van der Waals surface area contributed by atoms with Gasteiger partial charge in [0.15, 0.2) is 0 Å². The molecule has 0 spiro atoms. The summed E-state index contributed by atoms with van der Waals surface area (Å²) in [6.07, 6.45) is 3.62. The second-order valence-corrected chi connectivity index (χ2v) is 2.42. The smallest absolute Gasteiger partial charge is 0.0944 e. The van der Waals surface area contributed by atoms with E-state index in [0.29, 0.717) is 0 Å². The fourth-order valence-corrected chi connectivity index (χ4v) is 1.03. The van der Waals surface area contributed by atoms with E-state index in [9.17, 15) is 0 Å². The lowest BCUT2D eigenvalue weighted by molar-refractivity contribution is 0.923. The van der Waals surface area contributed by atoms with Crippen molar-refractivity contribution in [3.8, 4) is 6.07 Å². The van der Waals surface area contributed by atoms with Crippen molar-refractivity contribution < 1.29 is 0 Å². The molecule has 2 heteroatoms. The molecule has 0 aliphatic heterocycles. The molecule has 8 heavy (non-hydrogen) atoms. The van der Waals surface area contributed by atoms with Gasteiger partial charge in [0.1, 0.15) is 0 Å². The number of allylic oxidation sites excluding steroid dienone is 2. The van der Waals surface area contributed by atoms with Crippen LogP contribution in [0, 0.1) is 11.3 Å². The maximum atomic E-state index is 8.31. The van der Waals surface area contributed by atoms with Crippen LogP contribution >= 0.6 is 11.6 Å². The third-order valence-corrected chi connectivity index (χ3v) is 1.56. The zero-order valence-electron chi connectivity index (χ0n) is 4.39.